The highest BCUT2D eigenvalue weighted by Crippen LogP contribution is 2.42. The van der Waals surface area contributed by atoms with Crippen LogP contribution >= 0.6 is 11.6 Å². The number of imide groups is 2. The van der Waals surface area contributed by atoms with Gasteiger partial charge in [-0.2, -0.15) is 0 Å². The summed E-state index contributed by atoms with van der Waals surface area (Å²) in [6.45, 7) is 9.82. The van der Waals surface area contributed by atoms with Crippen LogP contribution in [0.1, 0.15) is 93.6 Å². The topological polar surface area (TPSA) is 124 Å². The second-order valence-electron chi connectivity index (χ2n) is 15.3. The standard InChI is InChI=1S/C41H39ClN6O6/c1-43-35-9-8-30(20-34(35)42)54-31-18-28-6-7-29(19-31)47(28)27-4-2-23(3-5-27)39(51)45-14-12-26(13-15-45)46-21-24-16-32-33(17-25(24)22-46)41(53)48(40(32)52)36-10-11-37(49)44-38(36)50/h2-5,8-9,16-17,20,26,28-29,31,36H,6-7,10-15,18-19,21-22H2,(H,44,49,50). The van der Waals surface area contributed by atoms with E-state index < -0.39 is 29.7 Å². The number of piperidine rings is 3. The molecule has 6 aliphatic rings. The average Bonchev–Trinajstić information content (AvgIpc) is 3.79. The Morgan fingerprint density at radius 3 is 2.06 bits per heavy atom. The van der Waals surface area contributed by atoms with Crippen molar-refractivity contribution in [1.82, 2.24) is 20.0 Å². The zero-order valence-corrected chi connectivity index (χ0v) is 30.4. The van der Waals surface area contributed by atoms with Crippen molar-refractivity contribution in [3.63, 3.8) is 0 Å². The van der Waals surface area contributed by atoms with Gasteiger partial charge in [-0.15, -0.1) is 0 Å². The van der Waals surface area contributed by atoms with Gasteiger partial charge >= 0.3 is 0 Å². The molecular formula is C41H39ClN6O6. The van der Waals surface area contributed by atoms with Gasteiger partial charge in [-0.25, -0.2) is 4.85 Å². The Hall–Kier alpha value is -5.25. The highest BCUT2D eigenvalue weighted by molar-refractivity contribution is 6.33. The Bertz CT molecular complexity index is 2080. The first-order valence-corrected chi connectivity index (χ1v) is 19.2. The van der Waals surface area contributed by atoms with Gasteiger partial charge in [0.2, 0.25) is 17.5 Å². The largest absolute Gasteiger partial charge is 0.490 e. The van der Waals surface area contributed by atoms with Crippen molar-refractivity contribution < 1.29 is 28.7 Å². The van der Waals surface area contributed by atoms with E-state index in [1.807, 2.05) is 23.1 Å². The summed E-state index contributed by atoms with van der Waals surface area (Å²) in [6.07, 6.45) is 5.96. The Morgan fingerprint density at radius 1 is 0.815 bits per heavy atom. The predicted octanol–water partition coefficient (Wildman–Crippen LogP) is 5.49. The number of rotatable bonds is 6. The number of amides is 5. The number of fused-ring (bicyclic) bond motifs is 4. The molecule has 0 aromatic heterocycles. The molecule has 276 valence electrons. The molecule has 3 aromatic rings. The molecule has 54 heavy (non-hydrogen) atoms. The number of carbonyl (C=O) groups excluding carboxylic acids is 5. The number of carbonyl (C=O) groups is 5. The summed E-state index contributed by atoms with van der Waals surface area (Å²) < 4.78 is 6.31. The molecule has 5 amide bonds. The molecule has 3 unspecified atom stereocenters. The third-order valence-corrected chi connectivity index (χ3v) is 12.5. The van der Waals surface area contributed by atoms with Crippen molar-refractivity contribution in [3.8, 4) is 5.75 Å². The minimum atomic E-state index is -0.977. The van der Waals surface area contributed by atoms with E-state index in [1.54, 1.807) is 24.3 Å². The normalized spacial score (nSPS) is 25.4. The number of hydrogen-bond donors (Lipinski definition) is 1. The van der Waals surface area contributed by atoms with Gasteiger partial charge in [0.05, 0.1) is 22.7 Å². The van der Waals surface area contributed by atoms with Crippen LogP contribution in [0.5, 0.6) is 5.75 Å². The van der Waals surface area contributed by atoms with Crippen LogP contribution in [0, 0.1) is 6.57 Å². The van der Waals surface area contributed by atoms with Crippen molar-refractivity contribution in [2.75, 3.05) is 18.0 Å². The van der Waals surface area contributed by atoms with Crippen molar-refractivity contribution >= 4 is 52.5 Å². The second kappa shape index (κ2) is 13.6. The SMILES string of the molecule is [C-]#[N+]c1ccc(OC2CC3CCC(C2)N3c2ccc(C(=O)N3CCC(N4Cc5cc6c(cc5C4)C(=O)N(C4CCC(=O)NC4=O)C6=O)CC3)cc2)cc1Cl. The van der Waals surface area contributed by atoms with Gasteiger partial charge in [0.25, 0.3) is 17.7 Å². The lowest BCUT2D eigenvalue weighted by Crippen LogP contribution is -2.54. The Morgan fingerprint density at radius 2 is 1.46 bits per heavy atom. The van der Waals surface area contributed by atoms with E-state index in [0.717, 1.165) is 60.2 Å². The second-order valence-corrected chi connectivity index (χ2v) is 15.7. The number of nitrogens with one attached hydrogen (secondary N) is 1. The van der Waals surface area contributed by atoms with Crippen LogP contribution in [-0.2, 0) is 22.7 Å². The maximum Gasteiger partial charge on any atom is 0.262 e. The fourth-order valence-electron chi connectivity index (χ4n) is 9.53. The molecule has 0 saturated carbocycles. The van der Waals surface area contributed by atoms with E-state index in [4.69, 9.17) is 22.9 Å². The van der Waals surface area contributed by atoms with E-state index in [9.17, 15) is 24.0 Å². The van der Waals surface area contributed by atoms with Crippen LogP contribution in [-0.4, -0.2) is 87.6 Å². The first kappa shape index (κ1) is 34.5. The summed E-state index contributed by atoms with van der Waals surface area (Å²) in [5.41, 5.74) is 4.87. The Kier molecular flexibility index (Phi) is 8.66. The fourth-order valence-corrected chi connectivity index (χ4v) is 9.75. The zero-order valence-electron chi connectivity index (χ0n) is 29.6. The number of nitrogens with zero attached hydrogens (tertiary/aromatic N) is 5. The number of hydrogen-bond acceptors (Lipinski definition) is 8. The number of anilines is 1. The number of likely N-dealkylation sites (tertiary alicyclic amines) is 1. The molecule has 0 aliphatic carbocycles. The Labute approximate surface area is 317 Å². The molecule has 4 saturated heterocycles. The number of halogens is 1. The first-order valence-electron chi connectivity index (χ1n) is 18.8. The van der Waals surface area contributed by atoms with Crippen LogP contribution in [0.4, 0.5) is 11.4 Å². The van der Waals surface area contributed by atoms with Gasteiger partial charge in [-0.1, -0.05) is 17.7 Å². The number of benzene rings is 3. The van der Waals surface area contributed by atoms with Crippen molar-refractivity contribution in [1.29, 1.82) is 0 Å². The molecule has 2 bridgehead atoms. The van der Waals surface area contributed by atoms with Crippen LogP contribution in [0.2, 0.25) is 5.02 Å². The summed E-state index contributed by atoms with van der Waals surface area (Å²) >= 11 is 6.24. The summed E-state index contributed by atoms with van der Waals surface area (Å²) in [5, 5.41) is 2.65. The smallest absolute Gasteiger partial charge is 0.262 e. The highest BCUT2D eigenvalue weighted by atomic mass is 35.5. The zero-order chi connectivity index (χ0) is 37.2. The first-order chi connectivity index (χ1) is 26.1. The van der Waals surface area contributed by atoms with Crippen molar-refractivity contribution in [2.24, 2.45) is 0 Å². The summed E-state index contributed by atoms with van der Waals surface area (Å²) in [7, 11) is 0. The molecule has 4 fully saturated rings. The maximum atomic E-state index is 13.6. The van der Waals surface area contributed by atoms with E-state index >= 15 is 0 Å². The molecule has 13 heteroatoms. The van der Waals surface area contributed by atoms with Gasteiger partial charge in [-0.3, -0.25) is 39.1 Å². The van der Waals surface area contributed by atoms with Gasteiger partial charge in [0.1, 0.15) is 17.9 Å². The van der Waals surface area contributed by atoms with Gasteiger partial charge < -0.3 is 14.5 Å². The molecule has 3 atom stereocenters. The highest BCUT2D eigenvalue weighted by Gasteiger charge is 2.46. The molecule has 6 heterocycles. The molecule has 1 N–H and O–H groups in total. The van der Waals surface area contributed by atoms with Crippen LogP contribution in [0.15, 0.2) is 54.6 Å². The van der Waals surface area contributed by atoms with Crippen molar-refractivity contribution in [2.45, 2.75) is 94.7 Å². The summed E-state index contributed by atoms with van der Waals surface area (Å²) in [6, 6.07) is 16.9. The monoisotopic (exact) mass is 746 g/mol. The lowest BCUT2D eigenvalue weighted by molar-refractivity contribution is -0.136. The predicted molar refractivity (Wildman–Crippen MR) is 198 cm³/mol. The van der Waals surface area contributed by atoms with Gasteiger partial charge in [0.15, 0.2) is 0 Å². The summed E-state index contributed by atoms with van der Waals surface area (Å²) in [5.74, 6) is -1.24. The molecule has 0 spiro atoms. The lowest BCUT2D eigenvalue weighted by Gasteiger charge is -2.40. The van der Waals surface area contributed by atoms with E-state index in [-0.39, 0.29) is 30.9 Å². The Balaban J connectivity index is 0.784. The molecule has 6 aliphatic heterocycles. The number of ether oxygens (including phenoxy) is 1. The minimum Gasteiger partial charge on any atom is -0.490 e. The van der Waals surface area contributed by atoms with Gasteiger partial charge in [-0.05, 0) is 91.8 Å². The van der Waals surface area contributed by atoms with Crippen LogP contribution in [0.25, 0.3) is 4.85 Å². The van der Waals surface area contributed by atoms with Crippen LogP contribution in [0.3, 0.4) is 0 Å². The maximum absolute atomic E-state index is 13.6. The van der Waals surface area contributed by atoms with E-state index in [1.165, 1.54) is 0 Å². The van der Waals surface area contributed by atoms with Crippen LogP contribution < -0.4 is 15.0 Å². The molecule has 12 nitrogen and oxygen atoms in total. The third kappa shape index (κ3) is 6.00. The average molecular weight is 747 g/mol. The lowest BCUT2D eigenvalue weighted by atomic mass is 9.98. The fraction of sp³-hybridized carbons (Fsp3) is 0.415. The van der Waals surface area contributed by atoms with E-state index in [2.05, 4.69) is 32.1 Å². The van der Waals surface area contributed by atoms with Crippen molar-refractivity contribution in [3.05, 3.63) is 98.9 Å². The molecular weight excluding hydrogens is 708 g/mol. The quantitative estimate of drug-likeness (QED) is 0.260. The summed E-state index contributed by atoms with van der Waals surface area (Å²) in [4.78, 5) is 75.6. The molecule has 9 rings (SSSR count). The minimum absolute atomic E-state index is 0.0386. The van der Waals surface area contributed by atoms with E-state index in [0.29, 0.717) is 71.4 Å². The molecule has 0 radical (unpaired) electrons. The van der Waals surface area contributed by atoms with Gasteiger partial charge in [0, 0.05) is 74.8 Å². The molecule has 3 aromatic carbocycles. The third-order valence-electron chi connectivity index (χ3n) is 12.2.